The van der Waals surface area contributed by atoms with Crippen LogP contribution in [0.4, 0.5) is 17.1 Å². The number of rotatable bonds is 7. The third kappa shape index (κ3) is 5.99. The molecule has 9 aromatic carbocycles. The van der Waals surface area contributed by atoms with Crippen LogP contribution < -0.4 is 4.90 Å². The van der Waals surface area contributed by atoms with Gasteiger partial charge in [0.05, 0.1) is 0 Å². The van der Waals surface area contributed by atoms with Crippen LogP contribution in [0.3, 0.4) is 0 Å². The van der Waals surface area contributed by atoms with E-state index in [0.717, 1.165) is 17.1 Å². The van der Waals surface area contributed by atoms with Crippen LogP contribution in [-0.2, 0) is 10.8 Å². The van der Waals surface area contributed by atoms with Gasteiger partial charge in [0.1, 0.15) is 0 Å². The molecule has 0 radical (unpaired) electrons. The van der Waals surface area contributed by atoms with E-state index in [9.17, 15) is 0 Å². The molecule has 2 aliphatic carbocycles. The highest BCUT2D eigenvalue weighted by atomic mass is 15.1. The molecular weight excluding hydrogens is 735 g/mol. The summed E-state index contributed by atoms with van der Waals surface area (Å²) in [6, 6.07) is 78.4. The number of hydrogen-bond donors (Lipinski definition) is 0. The van der Waals surface area contributed by atoms with Crippen molar-refractivity contribution in [1.82, 2.24) is 0 Å². The third-order valence-corrected chi connectivity index (χ3v) is 13.4. The molecule has 0 spiro atoms. The Balaban J connectivity index is 1.03. The predicted octanol–water partition coefficient (Wildman–Crippen LogP) is 16.4. The van der Waals surface area contributed by atoms with Gasteiger partial charge >= 0.3 is 0 Å². The maximum absolute atomic E-state index is 2.43. The van der Waals surface area contributed by atoms with Crippen LogP contribution in [0.25, 0.3) is 66.8 Å². The van der Waals surface area contributed by atoms with E-state index in [1.54, 1.807) is 0 Å². The fourth-order valence-corrected chi connectivity index (χ4v) is 10.5. The minimum atomic E-state index is -0.120. The summed E-state index contributed by atoms with van der Waals surface area (Å²) in [5.74, 6) is 0. The Morgan fingerprint density at radius 2 is 0.607 bits per heavy atom. The molecular formula is C60H47N. The number of benzene rings is 9. The van der Waals surface area contributed by atoms with Crippen molar-refractivity contribution in [3.8, 4) is 66.8 Å². The predicted molar refractivity (Wildman–Crippen MR) is 258 cm³/mol. The average Bonchev–Trinajstić information content (AvgIpc) is 3.70. The Bertz CT molecular complexity index is 2960. The third-order valence-electron chi connectivity index (χ3n) is 13.4. The van der Waals surface area contributed by atoms with Crippen molar-refractivity contribution in [3.05, 3.63) is 235 Å². The van der Waals surface area contributed by atoms with Crippen molar-refractivity contribution < 1.29 is 0 Å². The molecule has 0 fully saturated rings. The molecule has 2 aliphatic rings. The molecule has 0 aromatic heterocycles. The monoisotopic (exact) mass is 781 g/mol. The summed E-state index contributed by atoms with van der Waals surface area (Å²) in [6.07, 6.45) is 0. The Labute approximate surface area is 360 Å². The molecule has 0 amide bonds. The van der Waals surface area contributed by atoms with Gasteiger partial charge in [0.15, 0.2) is 0 Å². The van der Waals surface area contributed by atoms with Gasteiger partial charge in [-0.05, 0) is 125 Å². The lowest BCUT2D eigenvalue weighted by Gasteiger charge is -2.28. The summed E-state index contributed by atoms with van der Waals surface area (Å²) in [4.78, 5) is 2.43. The smallest absolute Gasteiger partial charge is 0.0467 e. The second kappa shape index (κ2) is 14.2. The molecule has 0 heterocycles. The van der Waals surface area contributed by atoms with Crippen molar-refractivity contribution in [1.29, 1.82) is 0 Å². The first-order valence-electron chi connectivity index (χ1n) is 21.5. The summed E-state index contributed by atoms with van der Waals surface area (Å²) < 4.78 is 0. The second-order valence-corrected chi connectivity index (χ2v) is 17.7. The minimum absolute atomic E-state index is 0.120. The fraction of sp³-hybridized carbons (Fsp3) is 0.100. The molecule has 9 aromatic rings. The van der Waals surface area contributed by atoms with Crippen molar-refractivity contribution >= 4 is 17.1 Å². The Morgan fingerprint density at radius 3 is 1.08 bits per heavy atom. The SMILES string of the molecule is CC1(C)c2ccccc2-c2cccc(-c3cccc(N(c4ccc(-c5ccc(-c6ccccc6)cc5)cc4)c4cccc(-c5cccc6c5C(C)(C)c5ccccc5-6)c4)c3)c21. The first-order valence-corrected chi connectivity index (χ1v) is 21.5. The van der Waals surface area contributed by atoms with Gasteiger partial charge in [0.2, 0.25) is 0 Å². The van der Waals surface area contributed by atoms with E-state index in [4.69, 9.17) is 0 Å². The Morgan fingerprint density at radius 1 is 0.262 bits per heavy atom. The largest absolute Gasteiger partial charge is 0.310 e. The molecule has 1 nitrogen and oxygen atoms in total. The zero-order valence-electron chi connectivity index (χ0n) is 35.2. The van der Waals surface area contributed by atoms with E-state index in [0.29, 0.717) is 0 Å². The van der Waals surface area contributed by atoms with Gasteiger partial charge in [-0.3, -0.25) is 0 Å². The molecule has 1 heteroatoms. The van der Waals surface area contributed by atoms with E-state index in [-0.39, 0.29) is 10.8 Å². The van der Waals surface area contributed by atoms with Gasteiger partial charge < -0.3 is 4.90 Å². The van der Waals surface area contributed by atoms with E-state index in [1.165, 1.54) is 89.0 Å². The maximum Gasteiger partial charge on any atom is 0.0467 e. The zero-order chi connectivity index (χ0) is 41.3. The van der Waals surface area contributed by atoms with E-state index in [1.807, 2.05) is 0 Å². The normalized spacial score (nSPS) is 13.8. The molecule has 61 heavy (non-hydrogen) atoms. The van der Waals surface area contributed by atoms with Gasteiger partial charge in [-0.1, -0.05) is 204 Å². The highest BCUT2D eigenvalue weighted by Crippen LogP contribution is 2.54. The molecule has 0 atom stereocenters. The van der Waals surface area contributed by atoms with E-state index >= 15 is 0 Å². The van der Waals surface area contributed by atoms with Crippen LogP contribution in [0.15, 0.2) is 212 Å². The Hall–Kier alpha value is -7.22. The number of anilines is 3. The van der Waals surface area contributed by atoms with Crippen molar-refractivity contribution in [3.63, 3.8) is 0 Å². The van der Waals surface area contributed by atoms with Crippen LogP contribution in [0.5, 0.6) is 0 Å². The van der Waals surface area contributed by atoms with E-state index < -0.39 is 0 Å². The second-order valence-electron chi connectivity index (χ2n) is 17.7. The van der Waals surface area contributed by atoms with Crippen LogP contribution in [-0.4, -0.2) is 0 Å². The summed E-state index contributed by atoms with van der Waals surface area (Å²) in [5.41, 5.74) is 23.9. The van der Waals surface area contributed by atoms with E-state index in [2.05, 4.69) is 245 Å². The zero-order valence-corrected chi connectivity index (χ0v) is 35.2. The summed E-state index contributed by atoms with van der Waals surface area (Å²) in [5, 5.41) is 0. The van der Waals surface area contributed by atoms with Gasteiger partial charge in [0, 0.05) is 27.9 Å². The molecule has 0 bridgehead atoms. The quantitative estimate of drug-likeness (QED) is 0.156. The Kier molecular flexibility index (Phi) is 8.58. The fourth-order valence-electron chi connectivity index (χ4n) is 10.5. The average molecular weight is 782 g/mol. The van der Waals surface area contributed by atoms with Crippen LogP contribution in [0.2, 0.25) is 0 Å². The molecule has 0 saturated heterocycles. The molecule has 0 saturated carbocycles. The highest BCUT2D eigenvalue weighted by Gasteiger charge is 2.38. The molecule has 0 aliphatic heterocycles. The molecule has 0 N–H and O–H groups in total. The van der Waals surface area contributed by atoms with Crippen LogP contribution in [0, 0.1) is 0 Å². The molecule has 11 rings (SSSR count). The summed E-state index contributed by atoms with van der Waals surface area (Å²) in [6.45, 7) is 9.50. The topological polar surface area (TPSA) is 3.24 Å². The molecule has 0 unspecified atom stereocenters. The summed E-state index contributed by atoms with van der Waals surface area (Å²) in [7, 11) is 0. The van der Waals surface area contributed by atoms with Gasteiger partial charge in [-0.25, -0.2) is 0 Å². The molecule has 292 valence electrons. The lowest BCUT2D eigenvalue weighted by atomic mass is 9.79. The van der Waals surface area contributed by atoms with Crippen LogP contribution in [0.1, 0.15) is 49.9 Å². The summed E-state index contributed by atoms with van der Waals surface area (Å²) >= 11 is 0. The standard InChI is InChI=1S/C60H47N/c1-59(2)55-28-10-8-22-51(55)53-26-14-24-49(57(53)59)44-18-12-20-47(38-44)61(46-36-34-43(35-37-46)42-32-30-41(31-33-42)40-16-6-5-7-17-40)48-21-13-19-45(39-48)50-25-15-27-54-52-23-9-11-29-56(52)60(3,4)58(50)54/h5-39H,1-4H3. The minimum Gasteiger partial charge on any atom is -0.310 e. The van der Waals surface area contributed by atoms with Gasteiger partial charge in [-0.15, -0.1) is 0 Å². The number of hydrogen-bond acceptors (Lipinski definition) is 1. The van der Waals surface area contributed by atoms with Crippen molar-refractivity contribution in [2.75, 3.05) is 4.90 Å². The maximum atomic E-state index is 2.43. The first kappa shape index (κ1) is 36.8. The van der Waals surface area contributed by atoms with Crippen molar-refractivity contribution in [2.45, 2.75) is 38.5 Å². The highest BCUT2D eigenvalue weighted by molar-refractivity contribution is 5.92. The van der Waals surface area contributed by atoms with Crippen LogP contribution >= 0.6 is 0 Å². The number of nitrogens with zero attached hydrogens (tertiary/aromatic N) is 1. The van der Waals surface area contributed by atoms with Gasteiger partial charge in [0.25, 0.3) is 0 Å². The lowest BCUT2D eigenvalue weighted by molar-refractivity contribution is 0.662. The number of fused-ring (bicyclic) bond motifs is 6. The lowest BCUT2D eigenvalue weighted by Crippen LogP contribution is -2.16. The first-order chi connectivity index (χ1) is 29.8. The van der Waals surface area contributed by atoms with Crippen molar-refractivity contribution in [2.24, 2.45) is 0 Å². The van der Waals surface area contributed by atoms with Gasteiger partial charge in [-0.2, -0.15) is 0 Å².